The van der Waals surface area contributed by atoms with Gasteiger partial charge in [-0.3, -0.25) is 0 Å². The van der Waals surface area contributed by atoms with Crippen LogP contribution in [0.5, 0.6) is 0 Å². The number of hydrogen-bond acceptors (Lipinski definition) is 3. The summed E-state index contributed by atoms with van der Waals surface area (Å²) in [6.45, 7) is 4.21. The van der Waals surface area contributed by atoms with Crippen LogP contribution < -0.4 is 0 Å². The molecule has 4 heteroatoms. The van der Waals surface area contributed by atoms with E-state index in [2.05, 4.69) is 6.08 Å². The zero-order valence-electron chi connectivity index (χ0n) is 8.36. The molecule has 0 saturated heterocycles. The SMILES string of the molecule is CCP1(O)(OCCO)CC=C(C)C1. The van der Waals surface area contributed by atoms with Gasteiger partial charge in [-0.1, -0.05) is 0 Å². The second kappa shape index (κ2) is 3.66. The summed E-state index contributed by atoms with van der Waals surface area (Å²) in [7, 11) is -2.91. The first-order chi connectivity index (χ1) is 6.02. The van der Waals surface area contributed by atoms with Crippen LogP contribution in [0, 0.1) is 0 Å². The molecule has 1 aliphatic heterocycles. The van der Waals surface area contributed by atoms with Crippen LogP contribution in [0.15, 0.2) is 11.6 Å². The van der Waals surface area contributed by atoms with E-state index in [1.165, 1.54) is 5.57 Å². The Hall–Kier alpha value is 0.0500. The fourth-order valence-corrected chi connectivity index (χ4v) is 5.29. The van der Waals surface area contributed by atoms with Gasteiger partial charge in [0.1, 0.15) is 0 Å². The molecular formula is C9H19O3P. The van der Waals surface area contributed by atoms with E-state index >= 15 is 0 Å². The van der Waals surface area contributed by atoms with Crippen molar-refractivity contribution in [3.63, 3.8) is 0 Å². The Kier molecular flexibility index (Phi) is 3.13. The monoisotopic (exact) mass is 206 g/mol. The molecule has 0 atom stereocenters. The van der Waals surface area contributed by atoms with Gasteiger partial charge in [0.05, 0.1) is 0 Å². The first-order valence-electron chi connectivity index (χ1n) is 4.69. The molecule has 0 radical (unpaired) electrons. The van der Waals surface area contributed by atoms with E-state index in [-0.39, 0.29) is 13.2 Å². The average molecular weight is 206 g/mol. The molecule has 0 aromatic rings. The van der Waals surface area contributed by atoms with Crippen LogP contribution in [0.25, 0.3) is 0 Å². The van der Waals surface area contributed by atoms with Crippen molar-refractivity contribution in [1.29, 1.82) is 0 Å². The second-order valence-corrected chi connectivity index (χ2v) is 8.53. The van der Waals surface area contributed by atoms with E-state index in [9.17, 15) is 4.89 Å². The molecule has 0 unspecified atom stereocenters. The second-order valence-electron chi connectivity index (χ2n) is 3.83. The summed E-state index contributed by atoms with van der Waals surface area (Å²) >= 11 is 0. The van der Waals surface area contributed by atoms with Crippen LogP contribution in [-0.2, 0) is 4.52 Å². The van der Waals surface area contributed by atoms with Crippen molar-refractivity contribution in [3.8, 4) is 0 Å². The molecule has 78 valence electrons. The van der Waals surface area contributed by atoms with Crippen molar-refractivity contribution in [2.75, 3.05) is 31.7 Å². The molecule has 13 heavy (non-hydrogen) atoms. The van der Waals surface area contributed by atoms with Gasteiger partial charge in [-0.05, 0) is 0 Å². The Morgan fingerprint density at radius 3 is 2.69 bits per heavy atom. The molecule has 2 N–H and O–H groups in total. The van der Waals surface area contributed by atoms with Gasteiger partial charge in [-0.15, -0.1) is 0 Å². The van der Waals surface area contributed by atoms with Gasteiger partial charge < -0.3 is 0 Å². The van der Waals surface area contributed by atoms with Crippen LogP contribution in [-0.4, -0.2) is 41.7 Å². The fraction of sp³-hybridized carbons (Fsp3) is 0.778. The number of hydrogen-bond donors (Lipinski definition) is 2. The molecule has 1 aliphatic rings. The average Bonchev–Trinajstić information content (AvgIpc) is 2.43. The van der Waals surface area contributed by atoms with E-state index in [0.717, 1.165) is 0 Å². The van der Waals surface area contributed by atoms with E-state index in [4.69, 9.17) is 9.63 Å². The Labute approximate surface area is 79.5 Å². The molecule has 0 aliphatic carbocycles. The van der Waals surface area contributed by atoms with Crippen molar-refractivity contribution >= 4 is 7.06 Å². The molecule has 0 bridgehead atoms. The quantitative estimate of drug-likeness (QED) is 0.539. The van der Waals surface area contributed by atoms with E-state index in [1.807, 2.05) is 13.8 Å². The van der Waals surface area contributed by atoms with Gasteiger partial charge in [-0.25, -0.2) is 0 Å². The molecule has 0 fully saturated rings. The third kappa shape index (κ3) is 2.29. The molecule has 0 amide bonds. The molecule has 0 aromatic heterocycles. The predicted molar refractivity (Wildman–Crippen MR) is 56.2 cm³/mol. The van der Waals surface area contributed by atoms with Crippen LogP contribution in [0.3, 0.4) is 0 Å². The summed E-state index contributed by atoms with van der Waals surface area (Å²) in [6, 6.07) is 0. The predicted octanol–water partition coefficient (Wildman–Crippen LogP) is 1.35. The van der Waals surface area contributed by atoms with E-state index < -0.39 is 7.06 Å². The molecule has 1 rings (SSSR count). The summed E-state index contributed by atoms with van der Waals surface area (Å²) in [5.74, 6) is 0. The van der Waals surface area contributed by atoms with Crippen LogP contribution in [0.2, 0.25) is 0 Å². The topological polar surface area (TPSA) is 49.7 Å². The summed E-state index contributed by atoms with van der Waals surface area (Å²) in [6.07, 6.45) is 4.08. The van der Waals surface area contributed by atoms with Gasteiger partial charge >= 0.3 is 78.8 Å². The minimum absolute atomic E-state index is 0.0164. The zero-order chi connectivity index (χ0) is 9.97. The van der Waals surface area contributed by atoms with Crippen molar-refractivity contribution in [2.24, 2.45) is 0 Å². The summed E-state index contributed by atoms with van der Waals surface area (Å²) < 4.78 is 5.53. The summed E-state index contributed by atoms with van der Waals surface area (Å²) in [5.41, 5.74) is 1.21. The van der Waals surface area contributed by atoms with Crippen molar-refractivity contribution in [3.05, 3.63) is 11.6 Å². The molecule has 0 spiro atoms. The van der Waals surface area contributed by atoms with E-state index in [0.29, 0.717) is 18.5 Å². The first-order valence-corrected chi connectivity index (χ1v) is 7.36. The Balaban J connectivity index is 2.68. The summed E-state index contributed by atoms with van der Waals surface area (Å²) in [5, 5.41) is 8.68. The van der Waals surface area contributed by atoms with Crippen LogP contribution >= 0.6 is 7.06 Å². The molecule has 1 heterocycles. The Bertz CT molecular complexity index is 229. The fourth-order valence-electron chi connectivity index (χ4n) is 1.76. The Morgan fingerprint density at radius 2 is 2.31 bits per heavy atom. The maximum absolute atomic E-state index is 10.5. The normalized spacial score (nSPS) is 27.7. The Morgan fingerprint density at radius 1 is 1.62 bits per heavy atom. The zero-order valence-corrected chi connectivity index (χ0v) is 9.26. The van der Waals surface area contributed by atoms with Gasteiger partial charge in [0, 0.05) is 0 Å². The van der Waals surface area contributed by atoms with Crippen molar-refractivity contribution in [1.82, 2.24) is 0 Å². The van der Waals surface area contributed by atoms with Crippen molar-refractivity contribution in [2.45, 2.75) is 13.8 Å². The molecule has 0 aromatic carbocycles. The molecular weight excluding hydrogens is 187 g/mol. The number of allylic oxidation sites excluding steroid dienone is 2. The van der Waals surface area contributed by atoms with Gasteiger partial charge in [0.2, 0.25) is 0 Å². The molecule has 3 nitrogen and oxygen atoms in total. The maximum atomic E-state index is 10.5. The third-order valence-electron chi connectivity index (χ3n) is 2.69. The van der Waals surface area contributed by atoms with Gasteiger partial charge in [0.25, 0.3) is 0 Å². The van der Waals surface area contributed by atoms with Crippen LogP contribution in [0.1, 0.15) is 13.8 Å². The van der Waals surface area contributed by atoms with Crippen LogP contribution in [0.4, 0.5) is 0 Å². The molecule has 0 saturated carbocycles. The number of rotatable bonds is 4. The minimum atomic E-state index is -2.91. The first kappa shape index (κ1) is 11.1. The number of aliphatic hydroxyl groups is 1. The standard InChI is InChI=1S/C9H19O3P/c1-3-13(11,12-6-5-10)7-4-9(2)8-13/h4,10-11H,3,5-8H2,1-2H3. The third-order valence-corrected chi connectivity index (χ3v) is 7.20. The van der Waals surface area contributed by atoms with Gasteiger partial charge in [-0.2, -0.15) is 0 Å². The number of aliphatic hydroxyl groups excluding tert-OH is 1. The summed E-state index contributed by atoms with van der Waals surface area (Å²) in [4.78, 5) is 10.5. The van der Waals surface area contributed by atoms with Gasteiger partial charge in [0.15, 0.2) is 0 Å². The van der Waals surface area contributed by atoms with E-state index in [1.54, 1.807) is 0 Å². The van der Waals surface area contributed by atoms with Crippen molar-refractivity contribution < 1.29 is 14.5 Å².